The summed E-state index contributed by atoms with van der Waals surface area (Å²) in [7, 11) is 1.64. The minimum absolute atomic E-state index is 0.296. The van der Waals surface area contributed by atoms with E-state index < -0.39 is 0 Å². The van der Waals surface area contributed by atoms with Crippen LogP contribution in [-0.2, 0) is 5.88 Å². The van der Waals surface area contributed by atoms with Crippen molar-refractivity contribution in [3.63, 3.8) is 0 Å². The van der Waals surface area contributed by atoms with Crippen LogP contribution in [0.1, 0.15) is 5.82 Å². The smallest absolute Gasteiger partial charge is 0.143 e. The SMILES string of the molecule is COc1ccc(Br)cc1-c1ccnc(CCl)n1. The molecule has 3 nitrogen and oxygen atoms in total. The molecule has 0 spiro atoms. The Balaban J connectivity index is 2.54. The monoisotopic (exact) mass is 312 g/mol. The molecule has 0 unspecified atom stereocenters. The lowest BCUT2D eigenvalue weighted by Crippen LogP contribution is -1.95. The van der Waals surface area contributed by atoms with Gasteiger partial charge in [0.25, 0.3) is 0 Å². The van der Waals surface area contributed by atoms with Gasteiger partial charge in [-0.2, -0.15) is 0 Å². The summed E-state index contributed by atoms with van der Waals surface area (Å²) in [5.41, 5.74) is 1.71. The molecule has 0 aliphatic rings. The number of alkyl halides is 1. The normalized spacial score (nSPS) is 10.3. The molecule has 0 bridgehead atoms. The molecule has 0 fully saturated rings. The van der Waals surface area contributed by atoms with Crippen molar-refractivity contribution in [2.75, 3.05) is 7.11 Å². The van der Waals surface area contributed by atoms with E-state index in [4.69, 9.17) is 16.3 Å². The first-order valence-corrected chi connectivity index (χ1v) is 6.29. The Morgan fingerprint density at radius 3 is 2.88 bits per heavy atom. The largest absolute Gasteiger partial charge is 0.496 e. The Kier molecular flexibility index (Phi) is 3.97. The van der Waals surface area contributed by atoms with Crippen LogP contribution in [-0.4, -0.2) is 17.1 Å². The molecular weight excluding hydrogens is 304 g/mol. The van der Waals surface area contributed by atoms with Crippen molar-refractivity contribution in [2.24, 2.45) is 0 Å². The average molecular weight is 314 g/mol. The second-order valence-electron chi connectivity index (χ2n) is 3.34. The molecule has 0 aliphatic heterocycles. The number of rotatable bonds is 3. The van der Waals surface area contributed by atoms with E-state index in [0.29, 0.717) is 11.7 Å². The average Bonchev–Trinajstić information content (AvgIpc) is 2.39. The lowest BCUT2D eigenvalue weighted by molar-refractivity contribution is 0.416. The molecule has 1 aromatic carbocycles. The highest BCUT2D eigenvalue weighted by Gasteiger charge is 2.08. The van der Waals surface area contributed by atoms with E-state index in [9.17, 15) is 0 Å². The molecule has 0 N–H and O–H groups in total. The van der Waals surface area contributed by atoms with Crippen molar-refractivity contribution in [2.45, 2.75) is 5.88 Å². The Labute approximate surface area is 113 Å². The van der Waals surface area contributed by atoms with Gasteiger partial charge >= 0.3 is 0 Å². The van der Waals surface area contributed by atoms with Gasteiger partial charge in [0.05, 0.1) is 18.7 Å². The lowest BCUT2D eigenvalue weighted by atomic mass is 10.1. The molecular formula is C12H10BrClN2O. The molecule has 17 heavy (non-hydrogen) atoms. The van der Waals surface area contributed by atoms with Crippen LogP contribution in [0.15, 0.2) is 34.9 Å². The molecule has 0 atom stereocenters. The molecule has 2 rings (SSSR count). The molecule has 2 aromatic rings. The van der Waals surface area contributed by atoms with Crippen LogP contribution in [0.4, 0.5) is 0 Å². The van der Waals surface area contributed by atoms with Crippen LogP contribution < -0.4 is 4.74 Å². The first kappa shape index (κ1) is 12.3. The minimum atomic E-state index is 0.296. The van der Waals surface area contributed by atoms with Crippen molar-refractivity contribution in [3.8, 4) is 17.0 Å². The van der Waals surface area contributed by atoms with E-state index in [2.05, 4.69) is 25.9 Å². The first-order valence-electron chi connectivity index (χ1n) is 4.96. The zero-order valence-corrected chi connectivity index (χ0v) is 11.5. The quantitative estimate of drug-likeness (QED) is 0.811. The van der Waals surface area contributed by atoms with Gasteiger partial charge < -0.3 is 4.74 Å². The maximum atomic E-state index is 5.73. The highest BCUT2D eigenvalue weighted by atomic mass is 79.9. The van der Waals surface area contributed by atoms with Crippen LogP contribution in [0, 0.1) is 0 Å². The van der Waals surface area contributed by atoms with Crippen molar-refractivity contribution in [3.05, 3.63) is 40.8 Å². The van der Waals surface area contributed by atoms with Crippen LogP contribution in [0.2, 0.25) is 0 Å². The molecule has 0 amide bonds. The number of ether oxygens (including phenoxy) is 1. The third-order valence-corrected chi connectivity index (χ3v) is 2.99. The summed E-state index contributed by atoms with van der Waals surface area (Å²) in [4.78, 5) is 8.43. The van der Waals surface area contributed by atoms with Crippen molar-refractivity contribution >= 4 is 27.5 Å². The standard InChI is InChI=1S/C12H10BrClN2O/c1-17-11-3-2-8(13)6-9(11)10-4-5-15-12(7-14)16-10/h2-6H,7H2,1H3. The maximum absolute atomic E-state index is 5.73. The summed E-state index contributed by atoms with van der Waals surface area (Å²) in [5, 5.41) is 0. The van der Waals surface area contributed by atoms with E-state index >= 15 is 0 Å². The predicted octanol–water partition coefficient (Wildman–Crippen LogP) is 3.65. The van der Waals surface area contributed by atoms with Crippen LogP contribution in [0.5, 0.6) is 5.75 Å². The predicted molar refractivity (Wildman–Crippen MR) is 71.3 cm³/mol. The highest BCUT2D eigenvalue weighted by molar-refractivity contribution is 9.10. The zero-order chi connectivity index (χ0) is 12.3. The fraction of sp³-hybridized carbons (Fsp3) is 0.167. The van der Waals surface area contributed by atoms with E-state index in [1.807, 2.05) is 24.3 Å². The number of aromatic nitrogens is 2. The fourth-order valence-corrected chi connectivity index (χ4v) is 1.98. The van der Waals surface area contributed by atoms with Gasteiger partial charge in [0, 0.05) is 16.2 Å². The summed E-state index contributed by atoms with van der Waals surface area (Å²) in [6.07, 6.45) is 1.69. The van der Waals surface area contributed by atoms with E-state index in [-0.39, 0.29) is 0 Å². The first-order chi connectivity index (χ1) is 8.24. The third-order valence-electron chi connectivity index (χ3n) is 2.26. The van der Waals surface area contributed by atoms with Gasteiger partial charge in [0.1, 0.15) is 11.6 Å². The van der Waals surface area contributed by atoms with Crippen molar-refractivity contribution in [1.82, 2.24) is 9.97 Å². The number of nitrogens with zero attached hydrogens (tertiary/aromatic N) is 2. The Bertz CT molecular complexity index is 534. The molecule has 1 heterocycles. The van der Waals surface area contributed by atoms with Crippen LogP contribution in [0.3, 0.4) is 0 Å². The molecule has 1 aromatic heterocycles. The van der Waals surface area contributed by atoms with Gasteiger partial charge in [-0.3, -0.25) is 0 Å². The second-order valence-corrected chi connectivity index (χ2v) is 4.52. The minimum Gasteiger partial charge on any atom is -0.496 e. The molecule has 0 saturated carbocycles. The fourth-order valence-electron chi connectivity index (χ4n) is 1.49. The lowest BCUT2D eigenvalue weighted by Gasteiger charge is -2.08. The summed E-state index contributed by atoms with van der Waals surface area (Å²) >= 11 is 9.16. The highest BCUT2D eigenvalue weighted by Crippen LogP contribution is 2.31. The van der Waals surface area contributed by atoms with Crippen molar-refractivity contribution in [1.29, 1.82) is 0 Å². The van der Waals surface area contributed by atoms with Gasteiger partial charge in [0.15, 0.2) is 0 Å². The van der Waals surface area contributed by atoms with E-state index in [0.717, 1.165) is 21.5 Å². The number of methoxy groups -OCH3 is 1. The summed E-state index contributed by atoms with van der Waals surface area (Å²) in [5.74, 6) is 1.67. The zero-order valence-electron chi connectivity index (χ0n) is 9.15. The maximum Gasteiger partial charge on any atom is 0.143 e. The second kappa shape index (κ2) is 5.47. The summed E-state index contributed by atoms with van der Waals surface area (Å²) < 4.78 is 6.29. The molecule has 0 aliphatic carbocycles. The van der Waals surface area contributed by atoms with E-state index in [1.54, 1.807) is 13.3 Å². The topological polar surface area (TPSA) is 35.0 Å². The third kappa shape index (κ3) is 2.76. The number of benzene rings is 1. The van der Waals surface area contributed by atoms with Gasteiger partial charge in [-0.25, -0.2) is 9.97 Å². The Morgan fingerprint density at radius 1 is 1.35 bits per heavy atom. The van der Waals surface area contributed by atoms with E-state index in [1.165, 1.54) is 0 Å². The Hall–Kier alpha value is -1.13. The van der Waals surface area contributed by atoms with Crippen LogP contribution >= 0.6 is 27.5 Å². The van der Waals surface area contributed by atoms with Crippen LogP contribution in [0.25, 0.3) is 11.3 Å². The molecule has 5 heteroatoms. The molecule has 0 radical (unpaired) electrons. The number of halogens is 2. The number of hydrogen-bond donors (Lipinski definition) is 0. The van der Waals surface area contributed by atoms with Gasteiger partial charge in [-0.05, 0) is 24.3 Å². The van der Waals surface area contributed by atoms with Gasteiger partial charge in [-0.15, -0.1) is 11.6 Å². The Morgan fingerprint density at radius 2 is 2.18 bits per heavy atom. The summed E-state index contributed by atoms with van der Waals surface area (Å²) in [6, 6.07) is 7.60. The van der Waals surface area contributed by atoms with Gasteiger partial charge in [0.2, 0.25) is 0 Å². The molecule has 0 saturated heterocycles. The molecule has 88 valence electrons. The van der Waals surface area contributed by atoms with Gasteiger partial charge in [-0.1, -0.05) is 15.9 Å². The number of hydrogen-bond acceptors (Lipinski definition) is 3. The van der Waals surface area contributed by atoms with Crippen molar-refractivity contribution < 1.29 is 4.74 Å². The summed E-state index contributed by atoms with van der Waals surface area (Å²) in [6.45, 7) is 0.